The Kier molecular flexibility index (Phi) is 2.78. The molecule has 16 heavy (non-hydrogen) atoms. The number of carbonyl (C=O) groups excluding carboxylic acids is 1. The Balaban J connectivity index is 2.07. The number of amides is 1. The van der Waals surface area contributed by atoms with Crippen LogP contribution in [0, 0.1) is 6.92 Å². The highest BCUT2D eigenvalue weighted by molar-refractivity contribution is 7.15. The highest BCUT2D eigenvalue weighted by atomic mass is 32.1. The second-order valence-corrected chi connectivity index (χ2v) is 4.78. The molecule has 0 radical (unpaired) electrons. The predicted molar refractivity (Wildman–Crippen MR) is 58.8 cm³/mol. The van der Waals surface area contributed by atoms with Gasteiger partial charge in [0.1, 0.15) is 0 Å². The van der Waals surface area contributed by atoms with Gasteiger partial charge >= 0.3 is 5.97 Å². The first-order valence-electron chi connectivity index (χ1n) is 4.80. The number of nitrogens with one attached hydrogen (secondary N) is 2. The number of carboxylic acids is 1. The minimum atomic E-state index is -1.03. The van der Waals surface area contributed by atoms with Gasteiger partial charge in [-0.2, -0.15) is 0 Å². The highest BCUT2D eigenvalue weighted by Gasteiger charge is 2.23. The van der Waals surface area contributed by atoms with Gasteiger partial charge in [0.25, 0.3) is 0 Å². The smallest absolute Gasteiger partial charge is 0.355 e. The van der Waals surface area contributed by atoms with Crippen molar-refractivity contribution in [2.45, 2.75) is 19.4 Å². The van der Waals surface area contributed by atoms with Crippen LogP contribution in [-0.4, -0.2) is 34.6 Å². The first-order valence-corrected chi connectivity index (χ1v) is 5.62. The van der Waals surface area contributed by atoms with Gasteiger partial charge in [0.2, 0.25) is 5.91 Å². The van der Waals surface area contributed by atoms with Crippen LogP contribution in [0.4, 0.5) is 5.13 Å². The standard InChI is InChI=1S/C9H11N3O3S/c1-4-7(8(14)15)12-9(16-4)11-5-2-6(13)10-3-5/h5H,2-3H2,1H3,(H,10,13)(H,11,12)(H,14,15). The molecule has 1 aliphatic heterocycles. The van der Waals surface area contributed by atoms with E-state index in [0.717, 1.165) is 0 Å². The van der Waals surface area contributed by atoms with Crippen molar-refractivity contribution in [3.8, 4) is 0 Å². The summed E-state index contributed by atoms with van der Waals surface area (Å²) in [5, 5.41) is 15.1. The molecule has 1 fully saturated rings. The second-order valence-electron chi connectivity index (χ2n) is 3.58. The number of thiazole rings is 1. The molecule has 1 aliphatic rings. The topological polar surface area (TPSA) is 91.3 Å². The minimum absolute atomic E-state index is 0.000283. The van der Waals surface area contributed by atoms with E-state index in [-0.39, 0.29) is 17.6 Å². The molecule has 1 saturated heterocycles. The third-order valence-corrected chi connectivity index (χ3v) is 3.21. The van der Waals surface area contributed by atoms with Crippen LogP contribution < -0.4 is 10.6 Å². The summed E-state index contributed by atoms with van der Waals surface area (Å²) in [7, 11) is 0. The molecule has 1 amide bonds. The lowest BCUT2D eigenvalue weighted by Crippen LogP contribution is -2.22. The number of anilines is 1. The van der Waals surface area contributed by atoms with Gasteiger partial charge in [0.15, 0.2) is 10.8 Å². The molecule has 1 aromatic heterocycles. The molecular formula is C9H11N3O3S. The Morgan fingerprint density at radius 2 is 2.44 bits per heavy atom. The lowest BCUT2D eigenvalue weighted by molar-refractivity contribution is -0.119. The summed E-state index contributed by atoms with van der Waals surface area (Å²) in [4.78, 5) is 26.4. The third kappa shape index (κ3) is 2.13. The molecule has 0 aromatic carbocycles. The van der Waals surface area contributed by atoms with Crippen LogP contribution in [0.1, 0.15) is 21.8 Å². The molecular weight excluding hydrogens is 230 g/mol. The van der Waals surface area contributed by atoms with E-state index < -0.39 is 5.97 Å². The van der Waals surface area contributed by atoms with Gasteiger partial charge in [0, 0.05) is 17.8 Å². The second kappa shape index (κ2) is 4.09. The molecule has 0 spiro atoms. The number of aromatic carboxylic acids is 1. The Labute approximate surface area is 95.7 Å². The van der Waals surface area contributed by atoms with Gasteiger partial charge in [-0.25, -0.2) is 9.78 Å². The van der Waals surface area contributed by atoms with Crippen LogP contribution in [0.15, 0.2) is 0 Å². The quantitative estimate of drug-likeness (QED) is 0.714. The number of nitrogens with zero attached hydrogens (tertiary/aromatic N) is 1. The number of carbonyl (C=O) groups is 2. The lowest BCUT2D eigenvalue weighted by Gasteiger charge is -2.07. The molecule has 0 bridgehead atoms. The van der Waals surface area contributed by atoms with Crippen molar-refractivity contribution in [3.63, 3.8) is 0 Å². The predicted octanol–water partition coefficient (Wildman–Crippen LogP) is 0.450. The molecule has 1 atom stereocenters. The first-order chi connectivity index (χ1) is 7.56. The van der Waals surface area contributed by atoms with Crippen molar-refractivity contribution < 1.29 is 14.7 Å². The van der Waals surface area contributed by atoms with Crippen molar-refractivity contribution in [1.29, 1.82) is 0 Å². The summed E-state index contributed by atoms with van der Waals surface area (Å²) < 4.78 is 0. The van der Waals surface area contributed by atoms with Crippen LogP contribution in [-0.2, 0) is 4.79 Å². The van der Waals surface area contributed by atoms with Crippen molar-refractivity contribution in [2.75, 3.05) is 11.9 Å². The van der Waals surface area contributed by atoms with E-state index in [4.69, 9.17) is 5.11 Å². The Morgan fingerprint density at radius 3 is 2.94 bits per heavy atom. The molecule has 2 heterocycles. The van der Waals surface area contributed by atoms with E-state index in [1.807, 2.05) is 0 Å². The number of rotatable bonds is 3. The molecule has 86 valence electrons. The maximum atomic E-state index is 11.0. The number of carboxylic acid groups (broad SMARTS) is 1. The lowest BCUT2D eigenvalue weighted by atomic mass is 10.3. The first kappa shape index (κ1) is 10.9. The van der Waals surface area contributed by atoms with E-state index in [9.17, 15) is 9.59 Å². The zero-order chi connectivity index (χ0) is 11.7. The SMILES string of the molecule is Cc1sc(NC2CNC(=O)C2)nc1C(=O)O. The minimum Gasteiger partial charge on any atom is -0.476 e. The van der Waals surface area contributed by atoms with Gasteiger partial charge in [-0.05, 0) is 6.92 Å². The Morgan fingerprint density at radius 1 is 1.69 bits per heavy atom. The molecule has 2 rings (SSSR count). The normalized spacial score (nSPS) is 19.6. The Hall–Kier alpha value is -1.63. The summed E-state index contributed by atoms with van der Waals surface area (Å²) >= 11 is 1.29. The zero-order valence-electron chi connectivity index (χ0n) is 8.61. The number of aryl methyl sites for hydroxylation is 1. The van der Waals surface area contributed by atoms with Crippen molar-refractivity contribution in [3.05, 3.63) is 10.6 Å². The third-order valence-electron chi connectivity index (χ3n) is 2.30. The molecule has 6 nitrogen and oxygen atoms in total. The van der Waals surface area contributed by atoms with Crippen LogP contribution in [0.3, 0.4) is 0 Å². The fourth-order valence-electron chi connectivity index (χ4n) is 1.54. The van der Waals surface area contributed by atoms with E-state index in [1.165, 1.54) is 11.3 Å². The van der Waals surface area contributed by atoms with Crippen molar-refractivity contribution in [2.24, 2.45) is 0 Å². The summed E-state index contributed by atoms with van der Waals surface area (Å²) in [6, 6.07) is -0.000283. The van der Waals surface area contributed by atoms with Gasteiger partial charge < -0.3 is 15.7 Å². The van der Waals surface area contributed by atoms with E-state index in [1.54, 1.807) is 6.92 Å². The van der Waals surface area contributed by atoms with Crippen molar-refractivity contribution >= 4 is 28.3 Å². The van der Waals surface area contributed by atoms with Gasteiger partial charge in [-0.15, -0.1) is 11.3 Å². The van der Waals surface area contributed by atoms with Crippen molar-refractivity contribution in [1.82, 2.24) is 10.3 Å². The summed E-state index contributed by atoms with van der Waals surface area (Å²) in [5.74, 6) is -1.02. The molecule has 7 heteroatoms. The average Bonchev–Trinajstić information content (AvgIpc) is 2.73. The van der Waals surface area contributed by atoms with Gasteiger partial charge in [-0.3, -0.25) is 4.79 Å². The average molecular weight is 241 g/mol. The summed E-state index contributed by atoms with van der Waals surface area (Å²) in [6.07, 6.45) is 0.404. The molecule has 0 saturated carbocycles. The molecule has 0 aliphatic carbocycles. The number of hydrogen-bond acceptors (Lipinski definition) is 5. The number of hydrogen-bond donors (Lipinski definition) is 3. The number of aromatic nitrogens is 1. The monoisotopic (exact) mass is 241 g/mol. The van der Waals surface area contributed by atoms with Crippen LogP contribution in [0.2, 0.25) is 0 Å². The maximum Gasteiger partial charge on any atom is 0.355 e. The van der Waals surface area contributed by atoms with E-state index in [0.29, 0.717) is 23.0 Å². The van der Waals surface area contributed by atoms with Crippen LogP contribution in [0.5, 0.6) is 0 Å². The highest BCUT2D eigenvalue weighted by Crippen LogP contribution is 2.23. The molecule has 3 N–H and O–H groups in total. The summed E-state index contributed by atoms with van der Waals surface area (Å²) in [6.45, 7) is 2.27. The fourth-order valence-corrected chi connectivity index (χ4v) is 2.42. The molecule has 1 unspecified atom stereocenters. The van der Waals surface area contributed by atoms with Crippen LogP contribution >= 0.6 is 11.3 Å². The van der Waals surface area contributed by atoms with E-state index in [2.05, 4.69) is 15.6 Å². The zero-order valence-corrected chi connectivity index (χ0v) is 9.43. The van der Waals surface area contributed by atoms with Crippen LogP contribution in [0.25, 0.3) is 0 Å². The Bertz CT molecular complexity index is 443. The molecule has 1 aromatic rings. The summed E-state index contributed by atoms with van der Waals surface area (Å²) in [5.41, 5.74) is 0.0739. The van der Waals surface area contributed by atoms with Gasteiger partial charge in [0.05, 0.1) is 6.04 Å². The maximum absolute atomic E-state index is 11.0. The fraction of sp³-hybridized carbons (Fsp3) is 0.444. The van der Waals surface area contributed by atoms with E-state index >= 15 is 0 Å². The van der Waals surface area contributed by atoms with Gasteiger partial charge in [-0.1, -0.05) is 0 Å². The largest absolute Gasteiger partial charge is 0.476 e.